The Morgan fingerprint density at radius 1 is 1.00 bits per heavy atom. The normalized spacial score (nSPS) is 10.9. The number of nitrogens with zero attached hydrogens (tertiary/aromatic N) is 3. The Bertz CT molecular complexity index is 988. The fourth-order valence-electron chi connectivity index (χ4n) is 2.61. The molecular formula is C19H15FN4. The molecular weight excluding hydrogens is 303 g/mol. The van der Waals surface area contributed by atoms with Gasteiger partial charge in [-0.1, -0.05) is 29.8 Å². The zero-order valence-corrected chi connectivity index (χ0v) is 13.1. The van der Waals surface area contributed by atoms with E-state index in [-0.39, 0.29) is 5.82 Å². The van der Waals surface area contributed by atoms with Crippen molar-refractivity contribution in [2.75, 3.05) is 5.32 Å². The van der Waals surface area contributed by atoms with Gasteiger partial charge in [-0.05, 0) is 31.2 Å². The highest BCUT2D eigenvalue weighted by Crippen LogP contribution is 2.31. The molecule has 0 amide bonds. The van der Waals surface area contributed by atoms with Crippen molar-refractivity contribution in [3.8, 4) is 11.3 Å². The van der Waals surface area contributed by atoms with E-state index in [9.17, 15) is 4.39 Å². The number of halogens is 1. The van der Waals surface area contributed by atoms with Crippen LogP contribution in [0.5, 0.6) is 0 Å². The molecule has 0 atom stereocenters. The number of aromatic nitrogens is 3. The minimum absolute atomic E-state index is 0.262. The van der Waals surface area contributed by atoms with E-state index in [0.717, 1.165) is 28.4 Å². The molecule has 0 aliphatic carbocycles. The molecule has 0 bridgehead atoms. The van der Waals surface area contributed by atoms with Crippen LogP contribution in [0.2, 0.25) is 0 Å². The van der Waals surface area contributed by atoms with Crippen LogP contribution < -0.4 is 5.32 Å². The van der Waals surface area contributed by atoms with Crippen molar-refractivity contribution in [2.24, 2.45) is 0 Å². The first-order valence-electron chi connectivity index (χ1n) is 7.62. The molecule has 4 aromatic rings. The van der Waals surface area contributed by atoms with Gasteiger partial charge >= 0.3 is 0 Å². The van der Waals surface area contributed by atoms with Gasteiger partial charge in [0.2, 0.25) is 0 Å². The number of hydrogen-bond donors (Lipinski definition) is 1. The summed E-state index contributed by atoms with van der Waals surface area (Å²) in [5.74, 6) is 0.560. The molecule has 4 rings (SSSR count). The van der Waals surface area contributed by atoms with Crippen LogP contribution in [-0.4, -0.2) is 14.4 Å². The molecule has 0 aliphatic rings. The Labute approximate surface area is 138 Å². The number of imidazole rings is 1. The molecule has 0 unspecified atom stereocenters. The van der Waals surface area contributed by atoms with Crippen LogP contribution in [0.25, 0.3) is 16.9 Å². The number of anilines is 2. The van der Waals surface area contributed by atoms with E-state index in [4.69, 9.17) is 4.98 Å². The van der Waals surface area contributed by atoms with E-state index in [0.29, 0.717) is 0 Å². The van der Waals surface area contributed by atoms with Gasteiger partial charge in [-0.15, -0.1) is 0 Å². The molecule has 4 nitrogen and oxygen atoms in total. The highest BCUT2D eigenvalue weighted by Gasteiger charge is 2.14. The van der Waals surface area contributed by atoms with Crippen LogP contribution in [0, 0.1) is 12.7 Å². The SMILES string of the molecule is Cc1ccc(-c2nc3cnccn3c2Nc2ccc(F)cc2)cc1. The van der Waals surface area contributed by atoms with E-state index >= 15 is 0 Å². The monoisotopic (exact) mass is 318 g/mol. The minimum Gasteiger partial charge on any atom is -0.339 e. The number of fused-ring (bicyclic) bond motifs is 1. The molecule has 2 aromatic heterocycles. The lowest BCUT2D eigenvalue weighted by molar-refractivity contribution is 0.628. The molecule has 0 spiro atoms. The lowest BCUT2D eigenvalue weighted by atomic mass is 10.1. The van der Waals surface area contributed by atoms with Gasteiger partial charge in [0.05, 0.1) is 6.20 Å². The fraction of sp³-hybridized carbons (Fsp3) is 0.0526. The largest absolute Gasteiger partial charge is 0.339 e. The molecule has 0 radical (unpaired) electrons. The first kappa shape index (κ1) is 14.4. The summed E-state index contributed by atoms with van der Waals surface area (Å²) >= 11 is 0. The third-order valence-electron chi connectivity index (χ3n) is 3.86. The van der Waals surface area contributed by atoms with Gasteiger partial charge in [-0.2, -0.15) is 0 Å². The third-order valence-corrected chi connectivity index (χ3v) is 3.86. The second kappa shape index (κ2) is 5.77. The van der Waals surface area contributed by atoms with Gasteiger partial charge in [0.25, 0.3) is 0 Å². The van der Waals surface area contributed by atoms with Gasteiger partial charge in [0, 0.05) is 23.6 Å². The summed E-state index contributed by atoms with van der Waals surface area (Å²) in [6.45, 7) is 2.05. The van der Waals surface area contributed by atoms with Crippen LogP contribution >= 0.6 is 0 Å². The number of benzene rings is 2. The minimum atomic E-state index is -0.262. The fourth-order valence-corrected chi connectivity index (χ4v) is 2.61. The highest BCUT2D eigenvalue weighted by atomic mass is 19.1. The predicted octanol–water partition coefficient (Wildman–Crippen LogP) is 4.59. The first-order chi connectivity index (χ1) is 11.7. The average Bonchev–Trinajstić information content (AvgIpc) is 2.96. The maximum Gasteiger partial charge on any atom is 0.157 e. The number of rotatable bonds is 3. The van der Waals surface area contributed by atoms with Gasteiger partial charge in [-0.25, -0.2) is 9.37 Å². The summed E-state index contributed by atoms with van der Waals surface area (Å²) in [4.78, 5) is 8.82. The maximum atomic E-state index is 13.1. The second-order valence-electron chi connectivity index (χ2n) is 5.61. The molecule has 0 aliphatic heterocycles. The lowest BCUT2D eigenvalue weighted by Gasteiger charge is -2.09. The zero-order chi connectivity index (χ0) is 16.5. The summed E-state index contributed by atoms with van der Waals surface area (Å²) in [6, 6.07) is 14.5. The molecule has 118 valence electrons. The smallest absolute Gasteiger partial charge is 0.157 e. The topological polar surface area (TPSA) is 42.2 Å². The molecule has 2 aromatic carbocycles. The highest BCUT2D eigenvalue weighted by molar-refractivity contribution is 5.79. The quantitative estimate of drug-likeness (QED) is 0.601. The number of nitrogens with one attached hydrogen (secondary N) is 1. The third kappa shape index (κ3) is 2.60. The second-order valence-corrected chi connectivity index (χ2v) is 5.61. The summed E-state index contributed by atoms with van der Waals surface area (Å²) in [5, 5.41) is 3.34. The molecule has 2 heterocycles. The molecule has 0 saturated heterocycles. The van der Waals surface area contributed by atoms with Crippen LogP contribution in [-0.2, 0) is 0 Å². The first-order valence-corrected chi connectivity index (χ1v) is 7.62. The van der Waals surface area contributed by atoms with Gasteiger partial charge in [0.1, 0.15) is 17.3 Å². The van der Waals surface area contributed by atoms with Crippen LogP contribution in [0.3, 0.4) is 0 Å². The molecule has 1 N–H and O–H groups in total. The predicted molar refractivity (Wildman–Crippen MR) is 92.8 cm³/mol. The van der Waals surface area contributed by atoms with Gasteiger partial charge < -0.3 is 5.32 Å². The van der Waals surface area contributed by atoms with Gasteiger partial charge in [0.15, 0.2) is 5.65 Å². The lowest BCUT2D eigenvalue weighted by Crippen LogP contribution is -1.97. The van der Waals surface area contributed by atoms with Crippen LogP contribution in [0.15, 0.2) is 67.1 Å². The average molecular weight is 318 g/mol. The van der Waals surface area contributed by atoms with Crippen molar-refractivity contribution < 1.29 is 4.39 Å². The Hall–Kier alpha value is -3.21. The summed E-state index contributed by atoms with van der Waals surface area (Å²) in [6.07, 6.45) is 5.28. The zero-order valence-electron chi connectivity index (χ0n) is 13.1. The molecule has 24 heavy (non-hydrogen) atoms. The summed E-state index contributed by atoms with van der Waals surface area (Å²) in [7, 11) is 0. The molecule has 0 fully saturated rings. The number of hydrogen-bond acceptors (Lipinski definition) is 3. The van der Waals surface area contributed by atoms with E-state index in [2.05, 4.69) is 29.4 Å². The van der Waals surface area contributed by atoms with Crippen molar-refractivity contribution in [2.45, 2.75) is 6.92 Å². The molecule has 0 saturated carbocycles. The Balaban J connectivity index is 1.86. The van der Waals surface area contributed by atoms with E-state index in [1.807, 2.05) is 22.7 Å². The van der Waals surface area contributed by atoms with Crippen molar-refractivity contribution in [1.82, 2.24) is 14.4 Å². The van der Waals surface area contributed by atoms with Crippen molar-refractivity contribution in [1.29, 1.82) is 0 Å². The Morgan fingerprint density at radius 3 is 2.50 bits per heavy atom. The van der Waals surface area contributed by atoms with E-state index in [1.165, 1.54) is 17.7 Å². The maximum absolute atomic E-state index is 13.1. The Kier molecular flexibility index (Phi) is 3.46. The summed E-state index contributed by atoms with van der Waals surface area (Å²) in [5.41, 5.74) is 4.57. The van der Waals surface area contributed by atoms with Crippen molar-refractivity contribution in [3.63, 3.8) is 0 Å². The van der Waals surface area contributed by atoms with Crippen LogP contribution in [0.1, 0.15) is 5.56 Å². The number of aryl methyl sites for hydroxylation is 1. The van der Waals surface area contributed by atoms with Gasteiger partial charge in [-0.3, -0.25) is 9.38 Å². The summed E-state index contributed by atoms with van der Waals surface area (Å²) < 4.78 is 15.1. The standard InChI is InChI=1S/C19H15FN4/c1-13-2-4-14(5-3-13)18-19(22-16-8-6-15(20)7-9-16)24-11-10-21-12-17(24)23-18/h2-12,22H,1H3. The van der Waals surface area contributed by atoms with Crippen LogP contribution in [0.4, 0.5) is 15.9 Å². The molecule has 5 heteroatoms. The van der Waals surface area contributed by atoms with Crippen molar-refractivity contribution in [3.05, 3.63) is 78.5 Å². The van der Waals surface area contributed by atoms with E-state index < -0.39 is 0 Å². The van der Waals surface area contributed by atoms with E-state index in [1.54, 1.807) is 24.5 Å². The Morgan fingerprint density at radius 2 is 1.75 bits per heavy atom. The van der Waals surface area contributed by atoms with Crippen molar-refractivity contribution >= 4 is 17.2 Å².